The van der Waals surface area contributed by atoms with E-state index in [1.54, 1.807) is 12.4 Å². The molecule has 2 aromatic heterocycles. The van der Waals surface area contributed by atoms with E-state index in [2.05, 4.69) is 49.4 Å². The van der Waals surface area contributed by atoms with Gasteiger partial charge in [0.05, 0.1) is 17.6 Å². The standard InChI is InChI=1S/C21H24N6/c1-26(2)20-10-7-17(15-23-20)24-21-22-12-11-19(25-21)16-5-8-18(9-6-16)27-13-3-4-14-27/h5-12,15H,3-4,13-14H2,1-2H3,(H,22,24,25). The van der Waals surface area contributed by atoms with E-state index in [-0.39, 0.29) is 0 Å². The third kappa shape index (κ3) is 4.00. The predicted octanol–water partition coefficient (Wildman–Crippen LogP) is 3.95. The number of anilines is 4. The summed E-state index contributed by atoms with van der Waals surface area (Å²) in [6, 6.07) is 14.5. The number of hydrogen-bond donors (Lipinski definition) is 1. The van der Waals surface area contributed by atoms with Crippen molar-refractivity contribution in [2.45, 2.75) is 12.8 Å². The Labute approximate surface area is 159 Å². The average molecular weight is 360 g/mol. The summed E-state index contributed by atoms with van der Waals surface area (Å²) in [4.78, 5) is 17.8. The molecule has 1 fully saturated rings. The Morgan fingerprint density at radius 1 is 0.926 bits per heavy atom. The third-order valence-corrected chi connectivity index (χ3v) is 4.75. The zero-order valence-corrected chi connectivity index (χ0v) is 15.8. The van der Waals surface area contributed by atoms with E-state index >= 15 is 0 Å². The Kier molecular flexibility index (Phi) is 4.87. The molecule has 1 aliphatic rings. The highest BCUT2D eigenvalue weighted by atomic mass is 15.1. The average Bonchev–Trinajstić information content (AvgIpc) is 3.24. The molecular weight excluding hydrogens is 336 g/mol. The molecule has 0 bridgehead atoms. The van der Waals surface area contributed by atoms with Crippen LogP contribution in [0.1, 0.15) is 12.8 Å². The summed E-state index contributed by atoms with van der Waals surface area (Å²) in [6.07, 6.45) is 6.14. The van der Waals surface area contributed by atoms with Crippen LogP contribution in [0.25, 0.3) is 11.3 Å². The highest BCUT2D eigenvalue weighted by Crippen LogP contribution is 2.25. The highest BCUT2D eigenvalue weighted by molar-refractivity contribution is 5.65. The topological polar surface area (TPSA) is 57.2 Å². The molecule has 0 radical (unpaired) electrons. The van der Waals surface area contributed by atoms with Crippen LogP contribution >= 0.6 is 0 Å². The van der Waals surface area contributed by atoms with Gasteiger partial charge in [0, 0.05) is 44.6 Å². The summed E-state index contributed by atoms with van der Waals surface area (Å²) in [5.41, 5.74) is 4.14. The molecule has 0 saturated carbocycles. The summed E-state index contributed by atoms with van der Waals surface area (Å²) < 4.78 is 0. The minimum absolute atomic E-state index is 0.565. The minimum atomic E-state index is 0.565. The molecule has 0 aliphatic carbocycles. The largest absolute Gasteiger partial charge is 0.372 e. The monoisotopic (exact) mass is 360 g/mol. The lowest BCUT2D eigenvalue weighted by Crippen LogP contribution is -2.17. The van der Waals surface area contributed by atoms with Crippen molar-refractivity contribution in [3.8, 4) is 11.3 Å². The molecule has 4 rings (SSSR count). The highest BCUT2D eigenvalue weighted by Gasteiger charge is 2.12. The summed E-state index contributed by atoms with van der Waals surface area (Å²) in [5, 5.41) is 3.22. The van der Waals surface area contributed by atoms with Crippen LogP contribution in [-0.2, 0) is 0 Å². The molecule has 1 aromatic carbocycles. The molecule has 1 aliphatic heterocycles. The lowest BCUT2D eigenvalue weighted by Gasteiger charge is -2.17. The predicted molar refractivity (Wildman–Crippen MR) is 111 cm³/mol. The molecule has 3 aromatic rings. The van der Waals surface area contributed by atoms with E-state index in [1.165, 1.54) is 18.5 Å². The second-order valence-electron chi connectivity index (χ2n) is 6.93. The maximum absolute atomic E-state index is 4.65. The SMILES string of the molecule is CN(C)c1ccc(Nc2nccc(-c3ccc(N4CCCC4)cc3)n2)cn1. The minimum Gasteiger partial charge on any atom is -0.372 e. The van der Waals surface area contributed by atoms with E-state index in [0.29, 0.717) is 5.95 Å². The Hall–Kier alpha value is -3.15. The second-order valence-corrected chi connectivity index (χ2v) is 6.93. The third-order valence-electron chi connectivity index (χ3n) is 4.75. The van der Waals surface area contributed by atoms with Gasteiger partial charge in [0.15, 0.2) is 0 Å². The normalized spacial score (nSPS) is 13.6. The van der Waals surface area contributed by atoms with Gasteiger partial charge in [0.2, 0.25) is 5.95 Å². The van der Waals surface area contributed by atoms with Crippen LogP contribution in [0, 0.1) is 0 Å². The molecule has 27 heavy (non-hydrogen) atoms. The first-order valence-corrected chi connectivity index (χ1v) is 9.28. The Morgan fingerprint density at radius 2 is 1.70 bits per heavy atom. The number of nitrogens with one attached hydrogen (secondary N) is 1. The van der Waals surface area contributed by atoms with Crippen molar-refractivity contribution in [1.29, 1.82) is 0 Å². The number of rotatable bonds is 5. The van der Waals surface area contributed by atoms with Crippen LogP contribution in [0.15, 0.2) is 54.9 Å². The van der Waals surface area contributed by atoms with E-state index < -0.39 is 0 Å². The molecule has 0 unspecified atom stereocenters. The second kappa shape index (κ2) is 7.61. The number of nitrogens with zero attached hydrogens (tertiary/aromatic N) is 5. The molecule has 6 nitrogen and oxygen atoms in total. The summed E-state index contributed by atoms with van der Waals surface area (Å²) in [5.74, 6) is 1.48. The Balaban J connectivity index is 1.50. The molecule has 3 heterocycles. The summed E-state index contributed by atoms with van der Waals surface area (Å²) in [7, 11) is 3.94. The lowest BCUT2D eigenvalue weighted by atomic mass is 10.1. The zero-order valence-electron chi connectivity index (χ0n) is 15.8. The van der Waals surface area contributed by atoms with Gasteiger partial charge >= 0.3 is 0 Å². The van der Waals surface area contributed by atoms with Crippen LogP contribution in [0.5, 0.6) is 0 Å². The van der Waals surface area contributed by atoms with Crippen molar-refractivity contribution in [2.24, 2.45) is 0 Å². The summed E-state index contributed by atoms with van der Waals surface area (Å²) >= 11 is 0. The van der Waals surface area contributed by atoms with Gasteiger partial charge in [0.25, 0.3) is 0 Å². The van der Waals surface area contributed by atoms with Gasteiger partial charge in [-0.25, -0.2) is 15.0 Å². The lowest BCUT2D eigenvalue weighted by molar-refractivity contribution is 0.949. The molecule has 1 N–H and O–H groups in total. The number of benzene rings is 1. The van der Waals surface area contributed by atoms with Crippen molar-refractivity contribution in [2.75, 3.05) is 42.3 Å². The first kappa shape index (κ1) is 17.3. The van der Waals surface area contributed by atoms with Gasteiger partial charge in [-0.2, -0.15) is 0 Å². The maximum Gasteiger partial charge on any atom is 0.227 e. The van der Waals surface area contributed by atoms with Gasteiger partial charge in [-0.05, 0) is 43.2 Å². The van der Waals surface area contributed by atoms with E-state index in [9.17, 15) is 0 Å². The first-order chi connectivity index (χ1) is 13.2. The molecule has 0 spiro atoms. The van der Waals surface area contributed by atoms with Gasteiger partial charge < -0.3 is 15.1 Å². The number of hydrogen-bond acceptors (Lipinski definition) is 6. The molecule has 138 valence electrons. The fourth-order valence-electron chi connectivity index (χ4n) is 3.25. The molecule has 0 atom stereocenters. The van der Waals surface area contributed by atoms with Crippen LogP contribution in [-0.4, -0.2) is 42.1 Å². The maximum atomic E-state index is 4.65. The van der Waals surface area contributed by atoms with Gasteiger partial charge in [-0.15, -0.1) is 0 Å². The Morgan fingerprint density at radius 3 is 2.37 bits per heavy atom. The smallest absolute Gasteiger partial charge is 0.227 e. The van der Waals surface area contributed by atoms with E-state index in [0.717, 1.165) is 35.9 Å². The van der Waals surface area contributed by atoms with Gasteiger partial charge in [-0.3, -0.25) is 0 Å². The zero-order chi connectivity index (χ0) is 18.6. The molecule has 6 heteroatoms. The van der Waals surface area contributed by atoms with Crippen LogP contribution in [0.3, 0.4) is 0 Å². The molecule has 1 saturated heterocycles. The van der Waals surface area contributed by atoms with Gasteiger partial charge in [-0.1, -0.05) is 12.1 Å². The van der Waals surface area contributed by atoms with Crippen LogP contribution in [0.2, 0.25) is 0 Å². The summed E-state index contributed by atoms with van der Waals surface area (Å²) in [6.45, 7) is 2.31. The fourth-order valence-corrected chi connectivity index (χ4v) is 3.25. The van der Waals surface area contributed by atoms with Gasteiger partial charge in [0.1, 0.15) is 5.82 Å². The van der Waals surface area contributed by atoms with Crippen molar-refractivity contribution in [1.82, 2.24) is 15.0 Å². The van der Waals surface area contributed by atoms with Crippen molar-refractivity contribution >= 4 is 23.1 Å². The van der Waals surface area contributed by atoms with Crippen LogP contribution < -0.4 is 15.1 Å². The van der Waals surface area contributed by atoms with Crippen molar-refractivity contribution < 1.29 is 0 Å². The van der Waals surface area contributed by atoms with E-state index in [1.807, 2.05) is 37.2 Å². The first-order valence-electron chi connectivity index (χ1n) is 9.28. The van der Waals surface area contributed by atoms with Crippen LogP contribution in [0.4, 0.5) is 23.1 Å². The van der Waals surface area contributed by atoms with Crippen molar-refractivity contribution in [3.63, 3.8) is 0 Å². The fraction of sp³-hybridized carbons (Fsp3) is 0.286. The van der Waals surface area contributed by atoms with E-state index in [4.69, 9.17) is 0 Å². The number of aromatic nitrogens is 3. The number of pyridine rings is 1. The Bertz CT molecular complexity index is 883. The quantitative estimate of drug-likeness (QED) is 0.743. The van der Waals surface area contributed by atoms with Crippen molar-refractivity contribution in [3.05, 3.63) is 54.9 Å². The molecular formula is C21H24N6. The molecule has 0 amide bonds.